The summed E-state index contributed by atoms with van der Waals surface area (Å²) >= 11 is 8.83. The number of hydrogen-bond donors (Lipinski definition) is 2. The highest BCUT2D eigenvalue weighted by Crippen LogP contribution is 2.30. The van der Waals surface area contributed by atoms with Crippen molar-refractivity contribution in [2.75, 3.05) is 13.2 Å². The van der Waals surface area contributed by atoms with Gasteiger partial charge in [0.2, 0.25) is 10.0 Å². The van der Waals surface area contributed by atoms with Gasteiger partial charge in [0.25, 0.3) is 0 Å². The summed E-state index contributed by atoms with van der Waals surface area (Å²) in [5.74, 6) is -1.30. The van der Waals surface area contributed by atoms with E-state index in [1.54, 1.807) is 0 Å². The molecule has 1 aliphatic heterocycles. The molecule has 104 valence electrons. The van der Waals surface area contributed by atoms with Crippen LogP contribution in [-0.2, 0) is 14.8 Å². The highest BCUT2D eigenvalue weighted by atomic mass is 79.9. The number of hydrogen-bond acceptors (Lipinski definition) is 4. The van der Waals surface area contributed by atoms with Gasteiger partial charge in [-0.2, -0.15) is 0 Å². The van der Waals surface area contributed by atoms with Crippen LogP contribution in [0.5, 0.6) is 0 Å². The largest absolute Gasteiger partial charge is 0.478 e. The summed E-state index contributed by atoms with van der Waals surface area (Å²) < 4.78 is 31.6. The molecule has 1 aromatic rings. The second-order valence-corrected chi connectivity index (χ2v) is 6.87. The van der Waals surface area contributed by atoms with Crippen molar-refractivity contribution in [3.05, 3.63) is 27.2 Å². The summed E-state index contributed by atoms with van der Waals surface area (Å²) in [6.45, 7) is 0.611. The third-order valence-corrected chi connectivity index (χ3v) is 5.26. The molecule has 1 aliphatic rings. The molecule has 19 heavy (non-hydrogen) atoms. The lowest BCUT2D eigenvalue weighted by molar-refractivity contribution is 0.00482. The smallest absolute Gasteiger partial charge is 0.337 e. The number of nitrogens with one attached hydrogen (secondary N) is 1. The summed E-state index contributed by atoms with van der Waals surface area (Å²) in [5.41, 5.74) is -0.277. The van der Waals surface area contributed by atoms with Crippen molar-refractivity contribution in [3.63, 3.8) is 0 Å². The van der Waals surface area contributed by atoms with Crippen LogP contribution in [0.15, 0.2) is 21.5 Å². The van der Waals surface area contributed by atoms with Crippen molar-refractivity contribution in [2.45, 2.75) is 10.9 Å². The van der Waals surface area contributed by atoms with Crippen LogP contribution in [0.25, 0.3) is 0 Å². The molecular formula is C10H9BrClNO5S. The first-order valence-electron chi connectivity index (χ1n) is 5.13. The average Bonchev–Trinajstić information content (AvgIpc) is 2.26. The van der Waals surface area contributed by atoms with Crippen LogP contribution >= 0.6 is 27.5 Å². The van der Waals surface area contributed by atoms with Crippen molar-refractivity contribution in [1.29, 1.82) is 0 Å². The van der Waals surface area contributed by atoms with Gasteiger partial charge in [-0.05, 0) is 28.1 Å². The van der Waals surface area contributed by atoms with Crippen molar-refractivity contribution < 1.29 is 23.1 Å². The zero-order valence-electron chi connectivity index (χ0n) is 9.39. The summed E-state index contributed by atoms with van der Waals surface area (Å²) in [5, 5.41) is 8.94. The van der Waals surface area contributed by atoms with Crippen LogP contribution in [-0.4, -0.2) is 38.7 Å². The van der Waals surface area contributed by atoms with E-state index in [0.29, 0.717) is 13.2 Å². The third-order valence-electron chi connectivity index (χ3n) is 2.50. The van der Waals surface area contributed by atoms with E-state index < -0.39 is 16.0 Å². The Kier molecular flexibility index (Phi) is 4.17. The van der Waals surface area contributed by atoms with Crippen LogP contribution in [0, 0.1) is 0 Å². The molecule has 0 aliphatic carbocycles. The molecule has 9 heteroatoms. The maximum Gasteiger partial charge on any atom is 0.337 e. The molecule has 6 nitrogen and oxygen atoms in total. The fraction of sp³-hybridized carbons (Fsp3) is 0.300. The highest BCUT2D eigenvalue weighted by Gasteiger charge is 2.27. The van der Waals surface area contributed by atoms with Gasteiger partial charge in [0.15, 0.2) is 0 Å². The van der Waals surface area contributed by atoms with Crippen LogP contribution in [0.4, 0.5) is 0 Å². The van der Waals surface area contributed by atoms with Gasteiger partial charge in [0, 0.05) is 4.47 Å². The molecule has 1 fully saturated rings. The second-order valence-electron chi connectivity index (χ2n) is 3.93. The van der Waals surface area contributed by atoms with E-state index in [0.717, 1.165) is 6.07 Å². The molecule has 1 heterocycles. The average molecular weight is 371 g/mol. The first-order chi connectivity index (χ1) is 8.81. The van der Waals surface area contributed by atoms with Gasteiger partial charge in [-0.3, -0.25) is 0 Å². The number of ether oxygens (including phenoxy) is 1. The van der Waals surface area contributed by atoms with Crippen molar-refractivity contribution >= 4 is 43.5 Å². The lowest BCUT2D eigenvalue weighted by Crippen LogP contribution is -2.48. The minimum absolute atomic E-state index is 0.0431. The van der Waals surface area contributed by atoms with Crippen molar-refractivity contribution in [3.8, 4) is 0 Å². The topological polar surface area (TPSA) is 92.7 Å². The predicted molar refractivity (Wildman–Crippen MR) is 71.0 cm³/mol. The van der Waals surface area contributed by atoms with Gasteiger partial charge >= 0.3 is 5.97 Å². The van der Waals surface area contributed by atoms with Gasteiger partial charge < -0.3 is 9.84 Å². The Morgan fingerprint density at radius 3 is 2.58 bits per heavy atom. The third kappa shape index (κ3) is 3.09. The quantitative estimate of drug-likeness (QED) is 0.837. The fourth-order valence-corrected chi connectivity index (χ4v) is 3.52. The monoisotopic (exact) mass is 369 g/mol. The SMILES string of the molecule is O=C(O)c1cc(S(=O)(=O)NC2COC2)cc(Br)c1Cl. The lowest BCUT2D eigenvalue weighted by atomic mass is 10.2. The molecule has 0 saturated carbocycles. The summed E-state index contributed by atoms with van der Waals surface area (Å²) in [4.78, 5) is 10.8. The number of carboxylic acid groups (broad SMARTS) is 1. The predicted octanol–water partition coefficient (Wildman–Crippen LogP) is 1.48. The molecule has 1 aromatic carbocycles. The van der Waals surface area contributed by atoms with Crippen LogP contribution < -0.4 is 4.72 Å². The van der Waals surface area contributed by atoms with Crippen molar-refractivity contribution in [1.82, 2.24) is 4.72 Å². The Morgan fingerprint density at radius 2 is 2.11 bits per heavy atom. The number of carboxylic acids is 1. The minimum Gasteiger partial charge on any atom is -0.478 e. The lowest BCUT2D eigenvalue weighted by Gasteiger charge is -2.26. The molecule has 0 amide bonds. The summed E-state index contributed by atoms with van der Waals surface area (Å²) in [7, 11) is -3.80. The fourth-order valence-electron chi connectivity index (χ4n) is 1.47. The molecule has 1 saturated heterocycles. The van der Waals surface area contributed by atoms with E-state index >= 15 is 0 Å². The molecule has 0 unspecified atom stereocenters. The van der Waals surface area contributed by atoms with Crippen LogP contribution in [0.3, 0.4) is 0 Å². The standard InChI is InChI=1S/C10H9BrClNO5S/c11-8-2-6(1-7(9(8)12)10(14)15)19(16,17)13-5-3-18-4-5/h1-2,5,13H,3-4H2,(H,14,15). The maximum atomic E-state index is 12.1. The Bertz CT molecular complexity index is 629. The highest BCUT2D eigenvalue weighted by molar-refractivity contribution is 9.10. The van der Waals surface area contributed by atoms with Gasteiger partial charge in [-0.15, -0.1) is 0 Å². The van der Waals surface area contributed by atoms with E-state index in [2.05, 4.69) is 20.7 Å². The molecular weight excluding hydrogens is 362 g/mol. The molecule has 0 radical (unpaired) electrons. The van der Waals surface area contributed by atoms with Crippen LogP contribution in [0.1, 0.15) is 10.4 Å². The first kappa shape index (κ1) is 14.7. The molecule has 0 spiro atoms. The number of aromatic carboxylic acids is 1. The minimum atomic E-state index is -3.80. The van der Waals surface area contributed by atoms with Gasteiger partial charge in [0.05, 0.1) is 34.7 Å². The maximum absolute atomic E-state index is 12.1. The molecule has 0 atom stereocenters. The van der Waals surface area contributed by atoms with E-state index in [9.17, 15) is 13.2 Å². The number of carbonyl (C=O) groups is 1. The summed E-state index contributed by atoms with van der Waals surface area (Å²) in [6, 6.07) is 2.00. The number of sulfonamides is 1. The van der Waals surface area contributed by atoms with Crippen LogP contribution in [0.2, 0.25) is 5.02 Å². The Balaban J connectivity index is 2.41. The Labute approximate surface area is 122 Å². The molecule has 0 bridgehead atoms. The Morgan fingerprint density at radius 1 is 1.47 bits per heavy atom. The molecule has 0 aromatic heterocycles. The number of benzene rings is 1. The van der Waals surface area contributed by atoms with E-state index in [4.69, 9.17) is 21.4 Å². The number of halogens is 2. The van der Waals surface area contributed by atoms with Gasteiger partial charge in [-0.25, -0.2) is 17.9 Å². The van der Waals surface area contributed by atoms with E-state index in [1.807, 2.05) is 0 Å². The normalized spacial score (nSPS) is 16.1. The number of rotatable bonds is 4. The van der Waals surface area contributed by atoms with Gasteiger partial charge in [0.1, 0.15) is 0 Å². The van der Waals surface area contributed by atoms with E-state index in [1.165, 1.54) is 6.07 Å². The zero-order valence-corrected chi connectivity index (χ0v) is 12.5. The molecule has 2 rings (SSSR count). The Hall–Kier alpha value is -0.670. The van der Waals surface area contributed by atoms with Crippen molar-refractivity contribution in [2.24, 2.45) is 0 Å². The summed E-state index contributed by atoms with van der Waals surface area (Å²) in [6.07, 6.45) is 0. The first-order valence-corrected chi connectivity index (χ1v) is 7.79. The molecule has 2 N–H and O–H groups in total. The van der Waals surface area contributed by atoms with E-state index in [-0.39, 0.29) is 26.0 Å². The zero-order chi connectivity index (χ0) is 14.2. The second kappa shape index (κ2) is 5.37. The van der Waals surface area contributed by atoms with Gasteiger partial charge in [-0.1, -0.05) is 11.6 Å².